The van der Waals surface area contributed by atoms with E-state index >= 15 is 0 Å². The Bertz CT molecular complexity index is 468. The molecule has 3 atom stereocenters. The molecule has 0 spiro atoms. The number of hydrogen-bond donors (Lipinski definition) is 1. The molecule has 19 heavy (non-hydrogen) atoms. The molecular weight excluding hydrogens is 242 g/mol. The highest BCUT2D eigenvalue weighted by atomic mass is 16.3. The zero-order valence-electron chi connectivity index (χ0n) is 11.3. The predicted octanol–water partition coefficient (Wildman–Crippen LogP) is 2.35. The monoisotopic (exact) mass is 263 g/mol. The van der Waals surface area contributed by atoms with Gasteiger partial charge in [-0.1, -0.05) is 6.42 Å². The minimum atomic E-state index is -0.240. The molecule has 2 fully saturated rings. The molecule has 1 amide bonds. The summed E-state index contributed by atoms with van der Waals surface area (Å²) >= 11 is 0. The fraction of sp³-hybridized carbons (Fsp3) is 0.667. The van der Waals surface area contributed by atoms with Crippen LogP contribution in [0.1, 0.15) is 48.2 Å². The molecule has 1 aliphatic carbocycles. The molecule has 4 heteroatoms. The second-order valence-electron chi connectivity index (χ2n) is 5.80. The van der Waals surface area contributed by atoms with E-state index in [-0.39, 0.29) is 24.0 Å². The lowest BCUT2D eigenvalue weighted by Gasteiger charge is -2.30. The summed E-state index contributed by atoms with van der Waals surface area (Å²) in [5.41, 5.74) is 0.891. The van der Waals surface area contributed by atoms with Gasteiger partial charge in [0, 0.05) is 24.1 Å². The highest BCUT2D eigenvalue weighted by molar-refractivity contribution is 5.93. The molecule has 1 saturated carbocycles. The fourth-order valence-electron chi connectivity index (χ4n) is 3.63. The Hall–Kier alpha value is -1.29. The lowest BCUT2D eigenvalue weighted by Crippen LogP contribution is -2.42. The molecule has 1 aromatic rings. The second kappa shape index (κ2) is 5.00. The van der Waals surface area contributed by atoms with Crippen molar-refractivity contribution in [3.63, 3.8) is 0 Å². The summed E-state index contributed by atoms with van der Waals surface area (Å²) < 4.78 is 5.32. The van der Waals surface area contributed by atoms with Crippen molar-refractivity contribution >= 4 is 5.91 Å². The second-order valence-corrected chi connectivity index (χ2v) is 5.80. The molecular formula is C15H21NO3. The lowest BCUT2D eigenvalue weighted by atomic mass is 9.94. The van der Waals surface area contributed by atoms with Crippen LogP contribution in [0.15, 0.2) is 16.7 Å². The van der Waals surface area contributed by atoms with Crippen molar-refractivity contribution < 1.29 is 14.3 Å². The Morgan fingerprint density at radius 1 is 1.37 bits per heavy atom. The van der Waals surface area contributed by atoms with E-state index in [9.17, 15) is 9.90 Å². The SMILES string of the molecule is Cc1ccoc1C(=O)N1CCCC1C1CCCC1O. The number of nitrogens with zero attached hydrogens (tertiary/aromatic N) is 1. The third kappa shape index (κ3) is 2.18. The van der Waals surface area contributed by atoms with Crippen molar-refractivity contribution in [1.82, 2.24) is 4.90 Å². The van der Waals surface area contributed by atoms with Crippen molar-refractivity contribution in [3.05, 3.63) is 23.7 Å². The van der Waals surface area contributed by atoms with Gasteiger partial charge in [0.05, 0.1) is 12.4 Å². The summed E-state index contributed by atoms with van der Waals surface area (Å²) in [5, 5.41) is 10.1. The van der Waals surface area contributed by atoms with Gasteiger partial charge in [0.2, 0.25) is 0 Å². The van der Waals surface area contributed by atoms with Crippen LogP contribution in [-0.2, 0) is 0 Å². The van der Waals surface area contributed by atoms with Crippen molar-refractivity contribution in [2.24, 2.45) is 5.92 Å². The van der Waals surface area contributed by atoms with Crippen molar-refractivity contribution in [2.45, 2.75) is 51.2 Å². The maximum atomic E-state index is 12.6. The third-order valence-electron chi connectivity index (χ3n) is 4.64. The van der Waals surface area contributed by atoms with Crippen LogP contribution in [0.25, 0.3) is 0 Å². The number of aryl methyl sites for hydroxylation is 1. The van der Waals surface area contributed by atoms with E-state index in [0.717, 1.165) is 44.2 Å². The smallest absolute Gasteiger partial charge is 0.290 e. The summed E-state index contributed by atoms with van der Waals surface area (Å²) in [7, 11) is 0. The van der Waals surface area contributed by atoms with Gasteiger partial charge in [0.25, 0.3) is 5.91 Å². The van der Waals surface area contributed by atoms with Gasteiger partial charge in [-0.15, -0.1) is 0 Å². The summed E-state index contributed by atoms with van der Waals surface area (Å²) in [4.78, 5) is 14.5. The molecule has 1 N–H and O–H groups in total. The average Bonchev–Trinajstić information content (AvgIpc) is 3.07. The number of aliphatic hydroxyl groups is 1. The van der Waals surface area contributed by atoms with E-state index in [1.807, 2.05) is 17.9 Å². The third-order valence-corrected chi connectivity index (χ3v) is 4.64. The Labute approximate surface area is 113 Å². The number of furan rings is 1. The van der Waals surface area contributed by atoms with Crippen LogP contribution < -0.4 is 0 Å². The maximum absolute atomic E-state index is 12.6. The number of hydrogen-bond acceptors (Lipinski definition) is 3. The molecule has 1 aromatic heterocycles. The number of rotatable bonds is 2. The highest BCUT2D eigenvalue weighted by Gasteiger charge is 2.41. The Morgan fingerprint density at radius 2 is 2.21 bits per heavy atom. The molecule has 1 aliphatic heterocycles. The number of carbonyl (C=O) groups excluding carboxylic acids is 1. The zero-order chi connectivity index (χ0) is 13.4. The van der Waals surface area contributed by atoms with Gasteiger partial charge < -0.3 is 14.4 Å². The maximum Gasteiger partial charge on any atom is 0.290 e. The van der Waals surface area contributed by atoms with Crippen LogP contribution in [0.2, 0.25) is 0 Å². The van der Waals surface area contributed by atoms with Crippen LogP contribution in [0, 0.1) is 12.8 Å². The van der Waals surface area contributed by atoms with Crippen LogP contribution >= 0.6 is 0 Å². The van der Waals surface area contributed by atoms with E-state index < -0.39 is 0 Å². The quantitative estimate of drug-likeness (QED) is 0.891. The Kier molecular flexibility index (Phi) is 3.35. The molecule has 0 radical (unpaired) electrons. The molecule has 1 saturated heterocycles. The number of carbonyl (C=O) groups is 1. The fourth-order valence-corrected chi connectivity index (χ4v) is 3.63. The molecule has 3 rings (SSSR count). The van der Waals surface area contributed by atoms with Crippen molar-refractivity contribution in [3.8, 4) is 0 Å². The van der Waals surface area contributed by atoms with Gasteiger partial charge in [-0.2, -0.15) is 0 Å². The van der Waals surface area contributed by atoms with Gasteiger partial charge in [-0.05, 0) is 38.7 Å². The average molecular weight is 263 g/mol. The first-order chi connectivity index (χ1) is 9.18. The first-order valence-electron chi connectivity index (χ1n) is 7.21. The number of aliphatic hydroxyl groups excluding tert-OH is 1. The topological polar surface area (TPSA) is 53.7 Å². The van der Waals surface area contributed by atoms with Crippen LogP contribution in [0.4, 0.5) is 0 Å². The molecule has 2 heterocycles. The largest absolute Gasteiger partial charge is 0.459 e. The van der Waals surface area contributed by atoms with E-state index in [4.69, 9.17) is 4.42 Å². The van der Waals surface area contributed by atoms with Crippen molar-refractivity contribution in [2.75, 3.05) is 6.54 Å². The first kappa shape index (κ1) is 12.7. The molecule has 2 aliphatic rings. The summed E-state index contributed by atoms with van der Waals surface area (Å²) in [6, 6.07) is 2.01. The molecule has 0 bridgehead atoms. The molecule has 0 aromatic carbocycles. The Morgan fingerprint density at radius 3 is 2.84 bits per heavy atom. The normalized spacial score (nSPS) is 31.1. The van der Waals surface area contributed by atoms with Crippen LogP contribution in [0.3, 0.4) is 0 Å². The van der Waals surface area contributed by atoms with E-state index in [1.165, 1.54) is 0 Å². The van der Waals surface area contributed by atoms with E-state index in [2.05, 4.69) is 0 Å². The minimum absolute atomic E-state index is 0.0101. The van der Waals surface area contributed by atoms with E-state index in [0.29, 0.717) is 5.76 Å². The lowest BCUT2D eigenvalue weighted by molar-refractivity contribution is 0.0502. The van der Waals surface area contributed by atoms with Gasteiger partial charge in [-0.25, -0.2) is 0 Å². The molecule has 3 unspecified atom stereocenters. The predicted molar refractivity (Wildman–Crippen MR) is 70.9 cm³/mol. The summed E-state index contributed by atoms with van der Waals surface area (Å²) in [5.74, 6) is 0.699. The summed E-state index contributed by atoms with van der Waals surface area (Å²) in [6.45, 7) is 2.68. The van der Waals surface area contributed by atoms with Gasteiger partial charge in [-0.3, -0.25) is 4.79 Å². The zero-order valence-corrected chi connectivity index (χ0v) is 11.3. The van der Waals surface area contributed by atoms with Gasteiger partial charge >= 0.3 is 0 Å². The van der Waals surface area contributed by atoms with Crippen LogP contribution in [0.5, 0.6) is 0 Å². The van der Waals surface area contributed by atoms with Gasteiger partial charge in [0.15, 0.2) is 5.76 Å². The highest BCUT2D eigenvalue weighted by Crippen LogP contribution is 2.36. The standard InChI is InChI=1S/C15H21NO3/c1-10-7-9-19-14(10)15(18)16-8-3-5-12(16)11-4-2-6-13(11)17/h7,9,11-13,17H,2-6,8H2,1H3. The number of amides is 1. The summed E-state index contributed by atoms with van der Waals surface area (Å²) in [6.07, 6.45) is 6.35. The Balaban J connectivity index is 1.80. The molecule has 104 valence electrons. The number of likely N-dealkylation sites (tertiary alicyclic amines) is 1. The van der Waals surface area contributed by atoms with Gasteiger partial charge in [0.1, 0.15) is 0 Å². The van der Waals surface area contributed by atoms with Crippen LogP contribution in [-0.4, -0.2) is 34.6 Å². The molecule has 4 nitrogen and oxygen atoms in total. The van der Waals surface area contributed by atoms with Crippen molar-refractivity contribution in [1.29, 1.82) is 0 Å². The first-order valence-corrected chi connectivity index (χ1v) is 7.21. The van der Waals surface area contributed by atoms with E-state index in [1.54, 1.807) is 6.26 Å². The minimum Gasteiger partial charge on any atom is -0.459 e.